The van der Waals surface area contributed by atoms with Gasteiger partial charge in [0.05, 0.1) is 5.41 Å². The fourth-order valence-electron chi connectivity index (χ4n) is 3.56. The van der Waals surface area contributed by atoms with E-state index in [-0.39, 0.29) is 5.41 Å². The molecule has 0 bridgehead atoms. The molecule has 2 fully saturated rings. The van der Waals surface area contributed by atoms with Crippen molar-refractivity contribution in [2.24, 2.45) is 10.8 Å². The summed E-state index contributed by atoms with van der Waals surface area (Å²) < 4.78 is 0. The number of nitrogens with zero attached hydrogens (tertiary/aromatic N) is 1. The summed E-state index contributed by atoms with van der Waals surface area (Å²) in [6, 6.07) is 0. The molecule has 0 unspecified atom stereocenters. The highest BCUT2D eigenvalue weighted by Gasteiger charge is 2.42. The van der Waals surface area contributed by atoms with Crippen LogP contribution < -0.4 is 5.32 Å². The van der Waals surface area contributed by atoms with Crippen molar-refractivity contribution in [2.75, 3.05) is 26.2 Å². The third-order valence-electron chi connectivity index (χ3n) is 5.80. The van der Waals surface area contributed by atoms with Crippen LogP contribution in [0.5, 0.6) is 0 Å². The molecule has 0 atom stereocenters. The molecule has 0 aromatic rings. The summed E-state index contributed by atoms with van der Waals surface area (Å²) in [6.07, 6.45) is 6.61. The third-order valence-corrected chi connectivity index (χ3v) is 5.80. The minimum Gasteiger partial charge on any atom is -0.342 e. The van der Waals surface area contributed by atoms with Gasteiger partial charge in [0, 0.05) is 13.1 Å². The molecule has 3 nitrogen and oxygen atoms in total. The van der Waals surface area contributed by atoms with E-state index in [2.05, 4.69) is 31.0 Å². The molecule has 0 aliphatic carbocycles. The molecule has 2 rings (SSSR count). The molecule has 0 saturated carbocycles. The first-order valence-corrected chi connectivity index (χ1v) is 8.05. The Labute approximate surface area is 118 Å². The predicted molar refractivity (Wildman–Crippen MR) is 79.0 cm³/mol. The van der Waals surface area contributed by atoms with E-state index < -0.39 is 0 Å². The zero-order valence-corrected chi connectivity index (χ0v) is 12.9. The molecule has 19 heavy (non-hydrogen) atoms. The van der Waals surface area contributed by atoms with Crippen LogP contribution >= 0.6 is 0 Å². The Morgan fingerprint density at radius 3 is 2.11 bits per heavy atom. The minimum atomic E-state index is -0.0643. The Kier molecular flexibility index (Phi) is 4.54. The molecule has 0 radical (unpaired) electrons. The van der Waals surface area contributed by atoms with Gasteiger partial charge in [0.15, 0.2) is 0 Å². The average Bonchev–Trinajstić information content (AvgIpc) is 2.48. The van der Waals surface area contributed by atoms with Gasteiger partial charge >= 0.3 is 0 Å². The summed E-state index contributed by atoms with van der Waals surface area (Å²) in [5, 5.41) is 3.38. The van der Waals surface area contributed by atoms with Gasteiger partial charge in [0.1, 0.15) is 0 Å². The molecule has 2 aliphatic heterocycles. The summed E-state index contributed by atoms with van der Waals surface area (Å²) in [6.45, 7) is 10.8. The number of piperidine rings is 2. The van der Waals surface area contributed by atoms with Gasteiger partial charge in [0.2, 0.25) is 5.91 Å². The van der Waals surface area contributed by atoms with Crippen LogP contribution in [-0.2, 0) is 4.79 Å². The highest BCUT2D eigenvalue weighted by atomic mass is 16.2. The van der Waals surface area contributed by atoms with Gasteiger partial charge in [-0.2, -0.15) is 0 Å². The van der Waals surface area contributed by atoms with Crippen LogP contribution in [0.3, 0.4) is 0 Å². The first-order valence-electron chi connectivity index (χ1n) is 8.05. The van der Waals surface area contributed by atoms with Crippen molar-refractivity contribution in [1.29, 1.82) is 0 Å². The maximum atomic E-state index is 12.9. The highest BCUT2D eigenvalue weighted by molar-refractivity contribution is 5.83. The number of nitrogens with one attached hydrogen (secondary N) is 1. The van der Waals surface area contributed by atoms with Crippen LogP contribution in [0.2, 0.25) is 0 Å². The quantitative estimate of drug-likeness (QED) is 0.852. The second-order valence-corrected chi connectivity index (χ2v) is 6.84. The number of carbonyl (C=O) groups excluding carboxylic acids is 1. The van der Waals surface area contributed by atoms with Crippen molar-refractivity contribution >= 4 is 5.91 Å². The Hall–Kier alpha value is -0.570. The molecular weight excluding hydrogens is 236 g/mol. The molecule has 1 N–H and O–H groups in total. The van der Waals surface area contributed by atoms with Gasteiger partial charge in [-0.15, -0.1) is 0 Å². The SMILES string of the molecule is CCC1(C)CCN(C(=O)C2(CC)CCNCC2)CC1. The lowest BCUT2D eigenvalue weighted by molar-refractivity contribution is -0.146. The lowest BCUT2D eigenvalue weighted by Crippen LogP contribution is -2.52. The first kappa shape index (κ1) is 14.8. The molecular formula is C16H30N2O. The monoisotopic (exact) mass is 266 g/mol. The second-order valence-electron chi connectivity index (χ2n) is 6.84. The first-order chi connectivity index (χ1) is 9.05. The molecule has 1 amide bonds. The van der Waals surface area contributed by atoms with Crippen molar-refractivity contribution in [2.45, 2.75) is 59.3 Å². The summed E-state index contributed by atoms with van der Waals surface area (Å²) in [5.74, 6) is 0.439. The second kappa shape index (κ2) is 5.82. The smallest absolute Gasteiger partial charge is 0.228 e. The Morgan fingerprint density at radius 2 is 1.63 bits per heavy atom. The van der Waals surface area contributed by atoms with E-state index in [1.165, 1.54) is 19.3 Å². The van der Waals surface area contributed by atoms with Crippen LogP contribution in [0.4, 0.5) is 0 Å². The van der Waals surface area contributed by atoms with Gasteiger partial charge in [-0.1, -0.05) is 27.2 Å². The van der Waals surface area contributed by atoms with Gasteiger partial charge in [-0.25, -0.2) is 0 Å². The lowest BCUT2D eigenvalue weighted by Gasteiger charge is -2.44. The number of hydrogen-bond acceptors (Lipinski definition) is 2. The minimum absolute atomic E-state index is 0.0643. The molecule has 3 heteroatoms. The van der Waals surface area contributed by atoms with E-state index >= 15 is 0 Å². The van der Waals surface area contributed by atoms with Crippen molar-refractivity contribution < 1.29 is 4.79 Å². The van der Waals surface area contributed by atoms with E-state index in [1.807, 2.05) is 0 Å². The topological polar surface area (TPSA) is 32.3 Å². The van der Waals surface area contributed by atoms with Crippen molar-refractivity contribution in [1.82, 2.24) is 10.2 Å². The molecule has 2 heterocycles. The van der Waals surface area contributed by atoms with Gasteiger partial charge in [-0.3, -0.25) is 4.79 Å². The van der Waals surface area contributed by atoms with E-state index in [0.29, 0.717) is 11.3 Å². The Balaban J connectivity index is 2.00. The van der Waals surface area contributed by atoms with Gasteiger partial charge < -0.3 is 10.2 Å². The summed E-state index contributed by atoms with van der Waals surface area (Å²) >= 11 is 0. The number of hydrogen-bond donors (Lipinski definition) is 1. The van der Waals surface area contributed by atoms with Crippen LogP contribution in [0.15, 0.2) is 0 Å². The van der Waals surface area contributed by atoms with Crippen LogP contribution in [0.25, 0.3) is 0 Å². The van der Waals surface area contributed by atoms with Crippen LogP contribution in [0, 0.1) is 10.8 Å². The van der Waals surface area contributed by atoms with E-state index in [0.717, 1.165) is 45.4 Å². The average molecular weight is 266 g/mol. The fourth-order valence-corrected chi connectivity index (χ4v) is 3.56. The molecule has 110 valence electrons. The van der Waals surface area contributed by atoms with Crippen molar-refractivity contribution in [3.63, 3.8) is 0 Å². The zero-order chi connectivity index (χ0) is 13.9. The van der Waals surface area contributed by atoms with E-state index in [1.54, 1.807) is 0 Å². The fraction of sp³-hybridized carbons (Fsp3) is 0.938. The number of amides is 1. The van der Waals surface area contributed by atoms with Crippen LogP contribution in [0.1, 0.15) is 59.3 Å². The van der Waals surface area contributed by atoms with Crippen LogP contribution in [-0.4, -0.2) is 37.0 Å². The highest BCUT2D eigenvalue weighted by Crippen LogP contribution is 2.39. The molecule has 0 spiro atoms. The number of rotatable bonds is 3. The third kappa shape index (κ3) is 2.96. The summed E-state index contributed by atoms with van der Waals surface area (Å²) in [7, 11) is 0. The Bertz CT molecular complexity index is 313. The molecule has 0 aromatic carbocycles. The molecule has 0 aromatic heterocycles. The lowest BCUT2D eigenvalue weighted by atomic mass is 9.73. The van der Waals surface area contributed by atoms with E-state index in [9.17, 15) is 4.79 Å². The van der Waals surface area contributed by atoms with Gasteiger partial charge in [0.25, 0.3) is 0 Å². The molecule has 2 aliphatic rings. The van der Waals surface area contributed by atoms with Crippen molar-refractivity contribution in [3.05, 3.63) is 0 Å². The predicted octanol–water partition coefficient (Wildman–Crippen LogP) is 2.80. The molecule has 2 saturated heterocycles. The Morgan fingerprint density at radius 1 is 1.05 bits per heavy atom. The maximum absolute atomic E-state index is 12.9. The number of likely N-dealkylation sites (tertiary alicyclic amines) is 1. The zero-order valence-electron chi connectivity index (χ0n) is 12.9. The van der Waals surface area contributed by atoms with Crippen molar-refractivity contribution in [3.8, 4) is 0 Å². The van der Waals surface area contributed by atoms with E-state index in [4.69, 9.17) is 0 Å². The van der Waals surface area contributed by atoms with Gasteiger partial charge in [-0.05, 0) is 50.6 Å². The standard InChI is InChI=1S/C16H30N2O/c1-4-15(3)8-12-18(13-9-15)14(19)16(5-2)6-10-17-11-7-16/h17H,4-13H2,1-3H3. The summed E-state index contributed by atoms with van der Waals surface area (Å²) in [5.41, 5.74) is 0.398. The summed E-state index contributed by atoms with van der Waals surface area (Å²) in [4.78, 5) is 15.1. The number of carbonyl (C=O) groups is 1. The largest absolute Gasteiger partial charge is 0.342 e. The maximum Gasteiger partial charge on any atom is 0.228 e. The normalized spacial score (nSPS) is 26.2.